The molecule has 2 aromatic carbocycles. The second-order valence-electron chi connectivity index (χ2n) is 5.93. The quantitative estimate of drug-likeness (QED) is 0.519. The Bertz CT molecular complexity index is 1050. The van der Waals surface area contributed by atoms with Gasteiger partial charge in [0.05, 0.1) is 16.2 Å². The third-order valence-electron chi connectivity index (χ3n) is 3.99. The number of nitrogens with zero attached hydrogens (tertiary/aromatic N) is 2. The highest BCUT2D eigenvalue weighted by molar-refractivity contribution is 6.12. The summed E-state index contributed by atoms with van der Waals surface area (Å²) in [6, 6.07) is 15.8. The van der Waals surface area contributed by atoms with Crippen LogP contribution in [0.15, 0.2) is 66.9 Å². The first-order valence-electron chi connectivity index (χ1n) is 8.33. The van der Waals surface area contributed by atoms with Crippen molar-refractivity contribution in [2.24, 2.45) is 0 Å². The first-order chi connectivity index (χ1) is 13.5. The van der Waals surface area contributed by atoms with Gasteiger partial charge in [-0.25, -0.2) is 4.98 Å². The lowest BCUT2D eigenvalue weighted by molar-refractivity contribution is -0.385. The summed E-state index contributed by atoms with van der Waals surface area (Å²) in [5.74, 6) is -0.617. The summed E-state index contributed by atoms with van der Waals surface area (Å²) in [6.07, 6.45) is 1.55. The lowest BCUT2D eigenvalue weighted by atomic mass is 10.1. The van der Waals surface area contributed by atoms with E-state index in [0.29, 0.717) is 11.4 Å². The standard InChI is InChI=1S/C20H16N4O4/c1-13-9-10-14(12-17(13)24(27)28)19(25)22-16-7-3-2-6-15(16)20(26)23-18-8-4-5-11-21-18/h2-12H,1H3,(H,22,25)(H,21,23,26). The SMILES string of the molecule is Cc1ccc(C(=O)Nc2ccccc2C(=O)Nc2ccccn2)cc1[N+](=O)[O-]. The molecule has 140 valence electrons. The molecule has 3 rings (SSSR count). The van der Waals surface area contributed by atoms with E-state index in [1.54, 1.807) is 55.6 Å². The van der Waals surface area contributed by atoms with E-state index in [9.17, 15) is 19.7 Å². The zero-order chi connectivity index (χ0) is 20.1. The second-order valence-corrected chi connectivity index (χ2v) is 5.93. The van der Waals surface area contributed by atoms with E-state index in [-0.39, 0.29) is 22.5 Å². The lowest BCUT2D eigenvalue weighted by Gasteiger charge is -2.11. The fourth-order valence-corrected chi connectivity index (χ4v) is 2.55. The Balaban J connectivity index is 1.83. The van der Waals surface area contributed by atoms with Crippen molar-refractivity contribution in [2.45, 2.75) is 6.92 Å². The van der Waals surface area contributed by atoms with Gasteiger partial charge in [-0.3, -0.25) is 19.7 Å². The minimum atomic E-state index is -0.554. The van der Waals surface area contributed by atoms with Crippen LogP contribution in [0, 0.1) is 17.0 Å². The summed E-state index contributed by atoms with van der Waals surface area (Å²) in [6.45, 7) is 1.59. The number of nitro groups is 1. The maximum Gasteiger partial charge on any atom is 0.273 e. The molecule has 1 heterocycles. The minimum absolute atomic E-state index is 0.122. The van der Waals surface area contributed by atoms with E-state index in [1.807, 2.05) is 0 Å². The molecule has 0 aliphatic heterocycles. The lowest BCUT2D eigenvalue weighted by Crippen LogP contribution is -2.18. The monoisotopic (exact) mass is 376 g/mol. The number of carbonyl (C=O) groups is 2. The normalized spacial score (nSPS) is 10.2. The van der Waals surface area contributed by atoms with E-state index in [4.69, 9.17) is 0 Å². The van der Waals surface area contributed by atoms with Gasteiger partial charge < -0.3 is 10.6 Å². The molecule has 0 bridgehead atoms. The van der Waals surface area contributed by atoms with Crippen LogP contribution in [0.25, 0.3) is 0 Å². The van der Waals surface area contributed by atoms with Gasteiger partial charge in [0.15, 0.2) is 0 Å². The molecule has 0 atom stereocenters. The molecule has 0 fully saturated rings. The highest BCUT2D eigenvalue weighted by atomic mass is 16.6. The van der Waals surface area contributed by atoms with Crippen LogP contribution < -0.4 is 10.6 Å². The van der Waals surface area contributed by atoms with Gasteiger partial charge in [-0.1, -0.05) is 24.3 Å². The van der Waals surface area contributed by atoms with Crippen molar-refractivity contribution in [2.75, 3.05) is 10.6 Å². The van der Waals surface area contributed by atoms with Crippen LogP contribution in [0.1, 0.15) is 26.3 Å². The van der Waals surface area contributed by atoms with Crippen LogP contribution in [0.5, 0.6) is 0 Å². The third kappa shape index (κ3) is 4.18. The summed E-state index contributed by atoms with van der Waals surface area (Å²) >= 11 is 0. The number of amides is 2. The predicted molar refractivity (Wildman–Crippen MR) is 104 cm³/mol. The molecule has 0 saturated heterocycles. The number of carbonyl (C=O) groups excluding carboxylic acids is 2. The molecular formula is C20H16N4O4. The van der Waals surface area contributed by atoms with E-state index in [2.05, 4.69) is 15.6 Å². The van der Waals surface area contributed by atoms with Crippen LogP contribution in [0.4, 0.5) is 17.2 Å². The van der Waals surface area contributed by atoms with Crippen LogP contribution in [-0.2, 0) is 0 Å². The Morgan fingerprint density at radius 2 is 1.71 bits per heavy atom. The third-order valence-corrected chi connectivity index (χ3v) is 3.99. The summed E-state index contributed by atoms with van der Waals surface area (Å²) in [4.78, 5) is 39.7. The van der Waals surface area contributed by atoms with Crippen molar-refractivity contribution in [1.29, 1.82) is 0 Å². The molecule has 8 nitrogen and oxygen atoms in total. The van der Waals surface area contributed by atoms with Crippen molar-refractivity contribution in [3.05, 3.63) is 93.7 Å². The highest BCUT2D eigenvalue weighted by Crippen LogP contribution is 2.22. The van der Waals surface area contributed by atoms with E-state index in [0.717, 1.165) is 0 Å². The molecule has 0 aliphatic carbocycles. The van der Waals surface area contributed by atoms with Gasteiger partial charge in [-0.2, -0.15) is 0 Å². The van der Waals surface area contributed by atoms with Gasteiger partial charge in [-0.05, 0) is 37.3 Å². The molecule has 3 aromatic rings. The molecule has 28 heavy (non-hydrogen) atoms. The first kappa shape index (κ1) is 18.7. The summed E-state index contributed by atoms with van der Waals surface area (Å²) < 4.78 is 0. The first-order valence-corrected chi connectivity index (χ1v) is 8.33. The van der Waals surface area contributed by atoms with Crippen LogP contribution >= 0.6 is 0 Å². The van der Waals surface area contributed by atoms with Gasteiger partial charge in [0.25, 0.3) is 17.5 Å². The molecule has 0 saturated carbocycles. The topological polar surface area (TPSA) is 114 Å². The second kappa shape index (κ2) is 8.09. The average molecular weight is 376 g/mol. The Morgan fingerprint density at radius 3 is 2.43 bits per heavy atom. The average Bonchev–Trinajstić information content (AvgIpc) is 2.69. The molecule has 0 aliphatic rings. The van der Waals surface area contributed by atoms with Gasteiger partial charge >= 0.3 is 0 Å². The van der Waals surface area contributed by atoms with Crippen molar-refractivity contribution in [1.82, 2.24) is 4.98 Å². The number of benzene rings is 2. The Labute approximate surface area is 160 Å². The van der Waals surface area contributed by atoms with E-state index in [1.165, 1.54) is 18.2 Å². The van der Waals surface area contributed by atoms with Crippen LogP contribution in [-0.4, -0.2) is 21.7 Å². The zero-order valence-corrected chi connectivity index (χ0v) is 14.9. The number of pyridine rings is 1. The van der Waals surface area contributed by atoms with E-state index < -0.39 is 16.7 Å². The minimum Gasteiger partial charge on any atom is -0.321 e. The van der Waals surface area contributed by atoms with Crippen molar-refractivity contribution in [3.8, 4) is 0 Å². The van der Waals surface area contributed by atoms with Crippen molar-refractivity contribution in [3.63, 3.8) is 0 Å². The number of nitro benzene ring substituents is 1. The summed E-state index contributed by atoms with van der Waals surface area (Å²) in [7, 11) is 0. The molecule has 0 spiro atoms. The fourth-order valence-electron chi connectivity index (χ4n) is 2.55. The van der Waals surface area contributed by atoms with Gasteiger partial charge in [0.2, 0.25) is 0 Å². The number of anilines is 2. The molecule has 0 unspecified atom stereocenters. The van der Waals surface area contributed by atoms with E-state index >= 15 is 0 Å². The number of aryl methyl sites for hydroxylation is 1. The van der Waals surface area contributed by atoms with Crippen LogP contribution in [0.2, 0.25) is 0 Å². The Kier molecular flexibility index (Phi) is 5.40. The zero-order valence-electron chi connectivity index (χ0n) is 14.9. The molecule has 1 aromatic heterocycles. The predicted octanol–water partition coefficient (Wildman–Crippen LogP) is 3.80. The number of rotatable bonds is 5. The molecule has 0 radical (unpaired) electrons. The molecule has 8 heteroatoms. The maximum absolute atomic E-state index is 12.6. The number of hydrogen-bond donors (Lipinski definition) is 2. The van der Waals surface area contributed by atoms with Crippen molar-refractivity contribution < 1.29 is 14.5 Å². The van der Waals surface area contributed by atoms with Gasteiger partial charge in [0.1, 0.15) is 5.82 Å². The molecule has 2 amide bonds. The number of nitrogens with one attached hydrogen (secondary N) is 2. The van der Waals surface area contributed by atoms with Crippen molar-refractivity contribution >= 4 is 29.0 Å². The molecular weight excluding hydrogens is 360 g/mol. The number of aromatic nitrogens is 1. The Hall–Kier alpha value is -4.07. The number of hydrogen-bond acceptors (Lipinski definition) is 5. The highest BCUT2D eigenvalue weighted by Gasteiger charge is 2.18. The van der Waals surface area contributed by atoms with Gasteiger partial charge in [-0.15, -0.1) is 0 Å². The largest absolute Gasteiger partial charge is 0.321 e. The van der Waals surface area contributed by atoms with Gasteiger partial charge in [0, 0.05) is 23.4 Å². The number of para-hydroxylation sites is 1. The fraction of sp³-hybridized carbons (Fsp3) is 0.0500. The molecule has 2 N–H and O–H groups in total. The van der Waals surface area contributed by atoms with Crippen LogP contribution in [0.3, 0.4) is 0 Å². The maximum atomic E-state index is 12.6. The summed E-state index contributed by atoms with van der Waals surface area (Å²) in [5, 5.41) is 16.4. The smallest absolute Gasteiger partial charge is 0.273 e. The summed E-state index contributed by atoms with van der Waals surface area (Å²) in [5.41, 5.74) is 0.954. The Morgan fingerprint density at radius 1 is 0.964 bits per heavy atom.